The van der Waals surface area contributed by atoms with Gasteiger partial charge >= 0.3 is 0 Å². The summed E-state index contributed by atoms with van der Waals surface area (Å²) in [5, 5.41) is 9.89. The maximum atomic E-state index is 9.89. The van der Waals surface area contributed by atoms with Crippen LogP contribution in [0, 0.1) is 46.3 Å². The Kier molecular flexibility index (Phi) is 9.61. The van der Waals surface area contributed by atoms with Gasteiger partial charge in [-0.1, -0.05) is 78.9 Å². The first-order valence-electron chi connectivity index (χ1n) is 15.0. The molecule has 0 saturated heterocycles. The van der Waals surface area contributed by atoms with Crippen molar-refractivity contribution in [2.45, 2.75) is 144 Å². The Hall–Kier alpha value is -0.300. The highest BCUT2D eigenvalue weighted by Crippen LogP contribution is 2.67. The molecule has 0 spiro atoms. The summed E-state index contributed by atoms with van der Waals surface area (Å²) in [6.07, 6.45) is 22.0. The van der Waals surface area contributed by atoms with Crippen LogP contribution in [0.25, 0.3) is 0 Å². The predicted molar refractivity (Wildman–Crippen MR) is 144 cm³/mol. The summed E-state index contributed by atoms with van der Waals surface area (Å²) in [6.45, 7) is 16.3. The third-order valence-corrected chi connectivity index (χ3v) is 10.7. The molecule has 8 unspecified atom stereocenters. The monoisotopic (exact) mass is 458 g/mol. The van der Waals surface area contributed by atoms with E-state index < -0.39 is 0 Å². The molecule has 1 heteroatoms. The van der Waals surface area contributed by atoms with Crippen molar-refractivity contribution in [2.75, 3.05) is 0 Å². The van der Waals surface area contributed by atoms with E-state index in [1.807, 2.05) is 6.92 Å². The molecular weight excluding hydrogens is 400 g/mol. The molecule has 0 radical (unpaired) electrons. The number of rotatable bonds is 7. The maximum Gasteiger partial charge on any atom is 0.0514 e. The van der Waals surface area contributed by atoms with E-state index in [0.29, 0.717) is 10.8 Å². The second-order valence-electron chi connectivity index (χ2n) is 13.7. The van der Waals surface area contributed by atoms with Crippen LogP contribution in [0.1, 0.15) is 138 Å². The van der Waals surface area contributed by atoms with E-state index in [0.717, 1.165) is 41.9 Å². The normalized spacial score (nSPS) is 40.8. The smallest absolute Gasteiger partial charge is 0.0514 e. The second-order valence-corrected chi connectivity index (χ2v) is 13.7. The lowest BCUT2D eigenvalue weighted by Crippen LogP contribution is -2.50. The fourth-order valence-corrected chi connectivity index (χ4v) is 8.95. The van der Waals surface area contributed by atoms with Gasteiger partial charge in [0.05, 0.1) is 6.10 Å². The Morgan fingerprint density at radius 1 is 0.970 bits per heavy atom. The van der Waals surface area contributed by atoms with Crippen molar-refractivity contribution >= 4 is 0 Å². The van der Waals surface area contributed by atoms with E-state index in [2.05, 4.69) is 47.6 Å². The third-order valence-electron chi connectivity index (χ3n) is 10.7. The van der Waals surface area contributed by atoms with Gasteiger partial charge in [-0.2, -0.15) is 0 Å². The number of aliphatic hydroxyl groups excluding tert-OH is 1. The standard InChI is InChI=1S/C29H50O.C3H8/c1-20(2)8-6-7-9-23-11-13-26-25-12-10-24-19-22(18-21(3)30)14-16-29(24,5)27(25)15-17-28(23,26)4;1-3-2/h10,20-23,25-27,30H,6-9,11-19H2,1-5H3;3H2,1-2H3. The Morgan fingerprint density at radius 2 is 1.70 bits per heavy atom. The lowest BCUT2D eigenvalue weighted by Gasteiger charge is -2.58. The van der Waals surface area contributed by atoms with E-state index in [4.69, 9.17) is 0 Å². The minimum absolute atomic E-state index is 0.136. The molecule has 0 aliphatic heterocycles. The average molecular weight is 459 g/mol. The number of aliphatic hydroxyl groups is 1. The first kappa shape index (κ1) is 27.3. The van der Waals surface area contributed by atoms with Crippen molar-refractivity contribution in [1.29, 1.82) is 0 Å². The molecule has 192 valence electrons. The summed E-state index contributed by atoms with van der Waals surface area (Å²) in [7, 11) is 0. The van der Waals surface area contributed by atoms with Crippen LogP contribution in [0.15, 0.2) is 11.6 Å². The Balaban J connectivity index is 0.000000968. The minimum atomic E-state index is -0.136. The quantitative estimate of drug-likeness (QED) is 0.297. The summed E-state index contributed by atoms with van der Waals surface area (Å²) in [4.78, 5) is 0. The number of fused-ring (bicyclic) bond motifs is 5. The molecule has 4 rings (SSSR count). The summed E-state index contributed by atoms with van der Waals surface area (Å²) in [5.41, 5.74) is 2.88. The molecule has 0 aromatic carbocycles. The minimum Gasteiger partial charge on any atom is -0.393 e. The highest BCUT2D eigenvalue weighted by Gasteiger charge is 2.58. The number of unbranched alkanes of at least 4 members (excludes halogenated alkanes) is 1. The van der Waals surface area contributed by atoms with Crippen molar-refractivity contribution in [1.82, 2.24) is 0 Å². The van der Waals surface area contributed by atoms with Crippen molar-refractivity contribution in [3.8, 4) is 0 Å². The van der Waals surface area contributed by atoms with Gasteiger partial charge in [0.25, 0.3) is 0 Å². The molecule has 0 heterocycles. The molecular formula is C32H58O. The lowest BCUT2D eigenvalue weighted by atomic mass is 9.46. The van der Waals surface area contributed by atoms with Gasteiger partial charge in [0, 0.05) is 0 Å². The van der Waals surface area contributed by atoms with Crippen LogP contribution in [0.5, 0.6) is 0 Å². The molecule has 4 aliphatic carbocycles. The first-order chi connectivity index (χ1) is 15.7. The summed E-state index contributed by atoms with van der Waals surface area (Å²) >= 11 is 0. The zero-order chi connectivity index (χ0) is 24.2. The third kappa shape index (κ3) is 5.92. The Labute approximate surface area is 207 Å². The number of hydrogen-bond donors (Lipinski definition) is 1. The second kappa shape index (κ2) is 11.6. The van der Waals surface area contributed by atoms with Crippen LogP contribution in [0.4, 0.5) is 0 Å². The summed E-state index contributed by atoms with van der Waals surface area (Å²) in [5.74, 6) is 5.45. The SMILES string of the molecule is CC(C)CCCCC1CCC2C3CC=C4CC(CC(C)O)CCC4(C)C3CCC12C.CCC. The largest absolute Gasteiger partial charge is 0.393 e. The average Bonchev–Trinajstić information content (AvgIpc) is 3.08. The van der Waals surface area contributed by atoms with Crippen molar-refractivity contribution in [3.05, 3.63) is 11.6 Å². The lowest BCUT2D eigenvalue weighted by molar-refractivity contribution is -0.0467. The van der Waals surface area contributed by atoms with Gasteiger partial charge in [-0.25, -0.2) is 0 Å². The first-order valence-corrected chi connectivity index (χ1v) is 15.0. The number of hydrogen-bond acceptors (Lipinski definition) is 1. The summed E-state index contributed by atoms with van der Waals surface area (Å²) < 4.78 is 0. The fourth-order valence-electron chi connectivity index (χ4n) is 8.95. The van der Waals surface area contributed by atoms with Gasteiger partial charge in [0.15, 0.2) is 0 Å². The van der Waals surface area contributed by atoms with E-state index in [-0.39, 0.29) is 6.10 Å². The van der Waals surface area contributed by atoms with Crippen LogP contribution < -0.4 is 0 Å². The van der Waals surface area contributed by atoms with E-state index in [9.17, 15) is 5.11 Å². The molecule has 8 atom stereocenters. The molecule has 3 fully saturated rings. The van der Waals surface area contributed by atoms with Crippen molar-refractivity contribution in [3.63, 3.8) is 0 Å². The Bertz CT molecular complexity index is 632. The van der Waals surface area contributed by atoms with Crippen LogP contribution in [-0.2, 0) is 0 Å². The molecule has 3 saturated carbocycles. The Morgan fingerprint density at radius 3 is 2.36 bits per heavy atom. The van der Waals surface area contributed by atoms with E-state index in [1.54, 1.807) is 5.57 Å². The van der Waals surface area contributed by atoms with Gasteiger partial charge in [-0.05, 0) is 117 Å². The summed E-state index contributed by atoms with van der Waals surface area (Å²) in [6, 6.07) is 0. The highest BCUT2D eigenvalue weighted by molar-refractivity contribution is 5.25. The van der Waals surface area contributed by atoms with Gasteiger partial charge in [-0.15, -0.1) is 0 Å². The van der Waals surface area contributed by atoms with Crippen molar-refractivity contribution in [2.24, 2.45) is 46.3 Å². The zero-order valence-electron chi connectivity index (χ0n) is 23.5. The van der Waals surface area contributed by atoms with E-state index in [1.165, 1.54) is 83.5 Å². The van der Waals surface area contributed by atoms with Crippen LogP contribution >= 0.6 is 0 Å². The van der Waals surface area contributed by atoms with Gasteiger partial charge in [-0.3, -0.25) is 0 Å². The number of allylic oxidation sites excluding steroid dienone is 2. The van der Waals surface area contributed by atoms with Gasteiger partial charge in [0.2, 0.25) is 0 Å². The topological polar surface area (TPSA) is 20.2 Å². The molecule has 0 aromatic heterocycles. The molecule has 0 aromatic rings. The molecule has 4 aliphatic rings. The molecule has 33 heavy (non-hydrogen) atoms. The van der Waals surface area contributed by atoms with Crippen molar-refractivity contribution < 1.29 is 5.11 Å². The van der Waals surface area contributed by atoms with Crippen LogP contribution in [0.3, 0.4) is 0 Å². The highest BCUT2D eigenvalue weighted by atomic mass is 16.3. The van der Waals surface area contributed by atoms with Gasteiger partial charge < -0.3 is 5.11 Å². The predicted octanol–water partition coefficient (Wildman–Crippen LogP) is 9.59. The molecule has 1 nitrogen and oxygen atoms in total. The molecule has 0 amide bonds. The fraction of sp³-hybridized carbons (Fsp3) is 0.938. The molecule has 0 bridgehead atoms. The van der Waals surface area contributed by atoms with E-state index >= 15 is 0 Å². The zero-order valence-corrected chi connectivity index (χ0v) is 23.5. The van der Waals surface area contributed by atoms with Gasteiger partial charge in [0.1, 0.15) is 0 Å². The molecule has 1 N–H and O–H groups in total. The van der Waals surface area contributed by atoms with Crippen LogP contribution in [-0.4, -0.2) is 11.2 Å². The maximum absolute atomic E-state index is 9.89. The van der Waals surface area contributed by atoms with Crippen LogP contribution in [0.2, 0.25) is 0 Å².